The highest BCUT2D eigenvalue weighted by atomic mass is 32.1. The Hall–Kier alpha value is -2.91. The van der Waals surface area contributed by atoms with Gasteiger partial charge in [-0.05, 0) is 23.6 Å². The summed E-state index contributed by atoms with van der Waals surface area (Å²) in [6.07, 6.45) is -0.964. The maximum atomic E-state index is 12.4. The second-order valence-electron chi connectivity index (χ2n) is 6.39. The second-order valence-corrected chi connectivity index (χ2v) is 7.34. The monoisotopic (exact) mass is 401 g/mol. The van der Waals surface area contributed by atoms with E-state index in [-0.39, 0.29) is 25.0 Å². The van der Waals surface area contributed by atoms with Crippen LogP contribution in [0.3, 0.4) is 0 Å². The molecule has 9 heteroatoms. The van der Waals surface area contributed by atoms with Crippen LogP contribution in [0.5, 0.6) is 0 Å². The molecule has 1 aromatic heterocycles. The van der Waals surface area contributed by atoms with Crippen molar-refractivity contribution in [3.63, 3.8) is 0 Å². The molecular formula is C19H19N3O5S. The molecule has 2 saturated heterocycles. The topological polar surface area (TPSA) is 88.2 Å². The van der Waals surface area contributed by atoms with Crippen LogP contribution in [-0.4, -0.2) is 56.9 Å². The van der Waals surface area contributed by atoms with E-state index in [1.165, 1.54) is 16.2 Å². The van der Waals surface area contributed by atoms with Crippen molar-refractivity contribution in [2.45, 2.75) is 6.10 Å². The largest absolute Gasteiger partial charge is 0.442 e. The first-order chi connectivity index (χ1) is 13.6. The molecule has 2 aliphatic rings. The van der Waals surface area contributed by atoms with Gasteiger partial charge in [0, 0.05) is 6.54 Å². The molecule has 2 fully saturated rings. The highest BCUT2D eigenvalue weighted by Crippen LogP contribution is 2.33. The second kappa shape index (κ2) is 7.99. The highest BCUT2D eigenvalue weighted by molar-refractivity contribution is 7.12. The van der Waals surface area contributed by atoms with Gasteiger partial charge in [0.2, 0.25) is 0 Å². The first-order valence-electron chi connectivity index (χ1n) is 8.90. The summed E-state index contributed by atoms with van der Waals surface area (Å²) in [5, 5.41) is 4.62. The van der Waals surface area contributed by atoms with Gasteiger partial charge in [-0.15, -0.1) is 11.3 Å². The standard InChI is InChI=1S/C19H19N3O5S/c23-17-12-26-8-7-21(17)14-4-1-2-5-15(14)22-11-13(27-19(22)25)10-20-18(24)16-6-3-9-28-16/h1-6,9,13H,7-8,10-12H2,(H,20,24)/t13-/m0/s1. The smallest absolute Gasteiger partial charge is 0.414 e. The van der Waals surface area contributed by atoms with E-state index in [1.54, 1.807) is 29.2 Å². The first kappa shape index (κ1) is 18.5. The molecule has 3 heterocycles. The molecule has 1 aromatic carbocycles. The van der Waals surface area contributed by atoms with Crippen molar-refractivity contribution in [1.29, 1.82) is 0 Å². The number of anilines is 2. The van der Waals surface area contributed by atoms with Crippen molar-refractivity contribution in [1.82, 2.24) is 5.32 Å². The molecule has 0 bridgehead atoms. The lowest BCUT2D eigenvalue weighted by molar-refractivity contribution is -0.125. The molecule has 0 aliphatic carbocycles. The van der Waals surface area contributed by atoms with Gasteiger partial charge in [0.15, 0.2) is 0 Å². The van der Waals surface area contributed by atoms with E-state index in [1.807, 2.05) is 17.5 Å². The highest BCUT2D eigenvalue weighted by Gasteiger charge is 2.35. The number of cyclic esters (lactones) is 1. The maximum absolute atomic E-state index is 12.4. The number of nitrogens with one attached hydrogen (secondary N) is 1. The third-order valence-corrected chi connectivity index (χ3v) is 5.43. The fraction of sp³-hybridized carbons (Fsp3) is 0.316. The van der Waals surface area contributed by atoms with Gasteiger partial charge < -0.3 is 19.7 Å². The van der Waals surface area contributed by atoms with E-state index in [4.69, 9.17) is 9.47 Å². The molecule has 0 spiro atoms. The van der Waals surface area contributed by atoms with Crippen LogP contribution < -0.4 is 15.1 Å². The SMILES string of the molecule is O=C(NC[C@H]1CN(c2ccccc2N2CCOCC2=O)C(=O)O1)c1cccs1. The molecule has 2 aliphatic heterocycles. The predicted octanol–water partition coefficient (Wildman–Crippen LogP) is 1.87. The number of thiophene rings is 1. The van der Waals surface area contributed by atoms with Gasteiger partial charge in [0.25, 0.3) is 11.8 Å². The Balaban J connectivity index is 1.46. The summed E-state index contributed by atoms with van der Waals surface area (Å²) in [5.74, 6) is -0.338. The minimum Gasteiger partial charge on any atom is -0.442 e. The number of carbonyl (C=O) groups is 3. The summed E-state index contributed by atoms with van der Waals surface area (Å²) in [6.45, 7) is 1.41. The number of carbonyl (C=O) groups excluding carboxylic acids is 3. The Kier molecular flexibility index (Phi) is 5.27. The minimum absolute atomic E-state index is 0.0240. The molecule has 28 heavy (non-hydrogen) atoms. The Bertz CT molecular complexity index is 885. The predicted molar refractivity (Wildman–Crippen MR) is 104 cm³/mol. The lowest BCUT2D eigenvalue weighted by Crippen LogP contribution is -2.42. The van der Waals surface area contributed by atoms with Crippen LogP contribution in [0.25, 0.3) is 0 Å². The number of para-hydroxylation sites is 2. The average Bonchev–Trinajstić information content (AvgIpc) is 3.37. The van der Waals surface area contributed by atoms with Crippen LogP contribution in [0, 0.1) is 0 Å². The summed E-state index contributed by atoms with van der Waals surface area (Å²) in [5.41, 5.74) is 1.26. The lowest BCUT2D eigenvalue weighted by Gasteiger charge is -2.30. The molecule has 2 aromatic rings. The maximum Gasteiger partial charge on any atom is 0.414 e. The minimum atomic E-state index is -0.497. The number of nitrogens with zero attached hydrogens (tertiary/aromatic N) is 2. The molecule has 146 valence electrons. The number of ether oxygens (including phenoxy) is 2. The van der Waals surface area contributed by atoms with E-state index in [9.17, 15) is 14.4 Å². The quantitative estimate of drug-likeness (QED) is 0.826. The summed E-state index contributed by atoms with van der Waals surface area (Å²) >= 11 is 1.35. The fourth-order valence-corrected chi connectivity index (χ4v) is 3.86. The average molecular weight is 401 g/mol. The first-order valence-corrected chi connectivity index (χ1v) is 9.78. The van der Waals surface area contributed by atoms with Gasteiger partial charge in [0.05, 0.1) is 35.9 Å². The Morgan fingerprint density at radius 2 is 1.93 bits per heavy atom. The third-order valence-electron chi connectivity index (χ3n) is 4.56. The number of hydrogen-bond acceptors (Lipinski definition) is 6. The van der Waals surface area contributed by atoms with Gasteiger partial charge >= 0.3 is 6.09 Å². The fourth-order valence-electron chi connectivity index (χ4n) is 3.22. The van der Waals surface area contributed by atoms with E-state index in [2.05, 4.69) is 5.32 Å². The summed E-state index contributed by atoms with van der Waals surface area (Å²) in [4.78, 5) is 40.5. The number of hydrogen-bond donors (Lipinski definition) is 1. The van der Waals surface area contributed by atoms with Gasteiger partial charge in [-0.2, -0.15) is 0 Å². The van der Waals surface area contributed by atoms with Gasteiger partial charge in [-0.3, -0.25) is 14.5 Å². The van der Waals surface area contributed by atoms with Crippen LogP contribution in [0.1, 0.15) is 9.67 Å². The van der Waals surface area contributed by atoms with E-state index < -0.39 is 12.2 Å². The Morgan fingerprint density at radius 3 is 2.64 bits per heavy atom. The van der Waals surface area contributed by atoms with Gasteiger partial charge in [-0.25, -0.2) is 4.79 Å². The Labute approximate surface area is 165 Å². The molecule has 1 N–H and O–H groups in total. The van der Waals surface area contributed by atoms with Crippen molar-refractivity contribution in [3.8, 4) is 0 Å². The Morgan fingerprint density at radius 1 is 1.14 bits per heavy atom. The molecule has 4 rings (SSSR count). The molecule has 0 saturated carbocycles. The molecule has 8 nitrogen and oxygen atoms in total. The van der Waals surface area contributed by atoms with Crippen LogP contribution in [0.15, 0.2) is 41.8 Å². The van der Waals surface area contributed by atoms with Crippen molar-refractivity contribution in [2.75, 3.05) is 42.6 Å². The molecule has 0 unspecified atom stereocenters. The zero-order valence-corrected chi connectivity index (χ0v) is 15.8. The number of benzene rings is 1. The van der Waals surface area contributed by atoms with Crippen LogP contribution in [0.4, 0.5) is 16.2 Å². The van der Waals surface area contributed by atoms with E-state index in [0.29, 0.717) is 35.9 Å². The number of morpholine rings is 1. The zero-order valence-electron chi connectivity index (χ0n) is 15.0. The van der Waals surface area contributed by atoms with Crippen molar-refractivity contribution in [3.05, 3.63) is 46.7 Å². The number of amides is 3. The van der Waals surface area contributed by atoms with E-state index >= 15 is 0 Å². The van der Waals surface area contributed by atoms with Crippen molar-refractivity contribution >= 4 is 40.6 Å². The van der Waals surface area contributed by atoms with Crippen LogP contribution in [-0.2, 0) is 14.3 Å². The summed E-state index contributed by atoms with van der Waals surface area (Å²) in [7, 11) is 0. The summed E-state index contributed by atoms with van der Waals surface area (Å²) in [6, 6.07) is 10.8. The van der Waals surface area contributed by atoms with Crippen molar-refractivity contribution < 1.29 is 23.9 Å². The lowest BCUT2D eigenvalue weighted by atomic mass is 10.2. The third kappa shape index (κ3) is 3.71. The van der Waals surface area contributed by atoms with Gasteiger partial charge in [0.1, 0.15) is 12.7 Å². The summed E-state index contributed by atoms with van der Waals surface area (Å²) < 4.78 is 10.6. The van der Waals surface area contributed by atoms with Crippen LogP contribution >= 0.6 is 11.3 Å². The molecule has 3 amide bonds. The molecular weight excluding hydrogens is 382 g/mol. The van der Waals surface area contributed by atoms with Gasteiger partial charge in [-0.1, -0.05) is 18.2 Å². The van der Waals surface area contributed by atoms with Crippen molar-refractivity contribution in [2.24, 2.45) is 0 Å². The molecule has 1 atom stereocenters. The number of rotatable bonds is 5. The normalized spacial score (nSPS) is 19.6. The van der Waals surface area contributed by atoms with Crippen LogP contribution in [0.2, 0.25) is 0 Å². The molecule has 0 radical (unpaired) electrons. The zero-order chi connectivity index (χ0) is 19.5. The van der Waals surface area contributed by atoms with E-state index in [0.717, 1.165) is 0 Å².